The number of rotatable bonds is 4. The van der Waals surface area contributed by atoms with E-state index in [4.69, 9.17) is 4.74 Å². The second-order valence-electron chi connectivity index (χ2n) is 6.44. The number of nitrogens with one attached hydrogen (secondary N) is 1. The number of morpholine rings is 1. The zero-order chi connectivity index (χ0) is 20.0. The molecule has 1 aliphatic rings. The molecular weight excluding hydrogens is 488 g/mol. The molecule has 1 aromatic rings. The molecule has 1 atom stereocenters. The topological polar surface area (TPSA) is 57.2 Å². The third-order valence-electron chi connectivity index (χ3n) is 4.28. The lowest BCUT2D eigenvalue weighted by atomic mass is 10.0. The number of hydrogen-bond acceptors (Lipinski definition) is 3. The van der Waals surface area contributed by atoms with Gasteiger partial charge in [-0.25, -0.2) is 0 Å². The number of carbonyl (C=O) groups is 1. The lowest BCUT2D eigenvalue weighted by Gasteiger charge is -2.35. The van der Waals surface area contributed by atoms with Gasteiger partial charge in [0.15, 0.2) is 5.96 Å². The molecule has 0 aliphatic carbocycles. The van der Waals surface area contributed by atoms with Crippen LogP contribution in [0.2, 0.25) is 0 Å². The van der Waals surface area contributed by atoms with Gasteiger partial charge in [0.1, 0.15) is 6.10 Å². The monoisotopic (exact) mass is 514 g/mol. The average Bonchev–Trinajstić information content (AvgIpc) is 2.64. The molecule has 1 saturated heterocycles. The third-order valence-corrected chi connectivity index (χ3v) is 4.28. The van der Waals surface area contributed by atoms with Crippen molar-refractivity contribution in [2.24, 2.45) is 4.99 Å². The molecule has 6 nitrogen and oxygen atoms in total. The Bertz CT molecular complexity index is 683. The van der Waals surface area contributed by atoms with E-state index in [0.29, 0.717) is 44.2 Å². The molecule has 0 aromatic heterocycles. The van der Waals surface area contributed by atoms with Crippen LogP contribution in [0.5, 0.6) is 0 Å². The molecule has 0 bridgehead atoms. The van der Waals surface area contributed by atoms with Crippen molar-refractivity contribution in [2.75, 3.05) is 47.4 Å². The van der Waals surface area contributed by atoms with E-state index in [-0.39, 0.29) is 29.9 Å². The van der Waals surface area contributed by atoms with Crippen LogP contribution in [0.25, 0.3) is 0 Å². The fourth-order valence-corrected chi connectivity index (χ4v) is 2.80. The second kappa shape index (κ2) is 10.8. The number of aliphatic imine (C=N–C) groups is 1. The number of hydrogen-bond donors (Lipinski definition) is 1. The van der Waals surface area contributed by atoms with Crippen LogP contribution >= 0.6 is 24.0 Å². The summed E-state index contributed by atoms with van der Waals surface area (Å²) in [7, 11) is 5.02. The quantitative estimate of drug-likeness (QED) is 0.382. The highest BCUT2D eigenvalue weighted by Gasteiger charge is 2.32. The van der Waals surface area contributed by atoms with Gasteiger partial charge in [0.25, 0.3) is 0 Å². The Morgan fingerprint density at radius 1 is 1.39 bits per heavy atom. The Morgan fingerprint density at radius 2 is 2.11 bits per heavy atom. The summed E-state index contributed by atoms with van der Waals surface area (Å²) in [6.45, 7) is 1.74. The lowest BCUT2D eigenvalue weighted by molar-refractivity contribution is -0.137. The standard InChI is InChI=1S/C18H25F3N4O2.HI/c1-22-17(23-8-7-16(26)24(2)3)25-9-10-27-15(12-25)13-5-4-6-14(11-13)18(19,20)21;/h4-6,11,15H,7-10,12H2,1-3H3,(H,22,23);1H. The Kier molecular flexibility index (Phi) is 9.48. The van der Waals surface area contributed by atoms with Crippen LogP contribution < -0.4 is 5.32 Å². The van der Waals surface area contributed by atoms with E-state index < -0.39 is 17.8 Å². The van der Waals surface area contributed by atoms with Gasteiger partial charge in [0.2, 0.25) is 5.91 Å². The van der Waals surface area contributed by atoms with Crippen LogP contribution in [0.3, 0.4) is 0 Å². The number of ether oxygens (including phenoxy) is 1. The van der Waals surface area contributed by atoms with Gasteiger partial charge < -0.3 is 19.9 Å². The maximum atomic E-state index is 12.9. The highest BCUT2D eigenvalue weighted by molar-refractivity contribution is 14.0. The summed E-state index contributed by atoms with van der Waals surface area (Å²) in [6, 6.07) is 5.20. The normalized spacial score (nSPS) is 17.7. The number of amides is 1. The van der Waals surface area contributed by atoms with Crippen LogP contribution in [0, 0.1) is 0 Å². The van der Waals surface area contributed by atoms with Crippen molar-refractivity contribution in [1.29, 1.82) is 0 Å². The van der Waals surface area contributed by atoms with Crippen molar-refractivity contribution < 1.29 is 22.7 Å². The number of nitrogens with zero attached hydrogens (tertiary/aromatic N) is 3. The molecule has 1 amide bonds. The number of benzene rings is 1. The highest BCUT2D eigenvalue weighted by Crippen LogP contribution is 2.32. The fourth-order valence-electron chi connectivity index (χ4n) is 2.80. The highest BCUT2D eigenvalue weighted by atomic mass is 127. The molecule has 0 saturated carbocycles. The summed E-state index contributed by atoms with van der Waals surface area (Å²) in [5.74, 6) is 0.601. The summed E-state index contributed by atoms with van der Waals surface area (Å²) in [5.41, 5.74) is -0.210. The van der Waals surface area contributed by atoms with Gasteiger partial charge in [-0.15, -0.1) is 24.0 Å². The second-order valence-corrected chi connectivity index (χ2v) is 6.44. The maximum absolute atomic E-state index is 12.9. The van der Waals surface area contributed by atoms with Gasteiger partial charge in [0, 0.05) is 40.7 Å². The van der Waals surface area contributed by atoms with Gasteiger partial charge in [0.05, 0.1) is 18.7 Å². The van der Waals surface area contributed by atoms with Gasteiger partial charge in [-0.05, 0) is 17.7 Å². The minimum absolute atomic E-state index is 0. The summed E-state index contributed by atoms with van der Waals surface area (Å²) < 4.78 is 44.5. The molecule has 0 spiro atoms. The van der Waals surface area contributed by atoms with E-state index >= 15 is 0 Å². The Balaban J connectivity index is 0.00000392. The number of halogens is 4. The van der Waals surface area contributed by atoms with E-state index in [1.54, 1.807) is 27.2 Å². The van der Waals surface area contributed by atoms with Gasteiger partial charge >= 0.3 is 6.18 Å². The lowest BCUT2D eigenvalue weighted by Crippen LogP contribution is -2.48. The zero-order valence-electron chi connectivity index (χ0n) is 16.1. The minimum atomic E-state index is -4.39. The van der Waals surface area contributed by atoms with Crippen LogP contribution in [0.4, 0.5) is 13.2 Å². The van der Waals surface area contributed by atoms with Crippen molar-refractivity contribution in [3.05, 3.63) is 35.4 Å². The molecule has 2 rings (SSSR count). The molecule has 1 N–H and O–H groups in total. The van der Waals surface area contributed by atoms with Gasteiger partial charge in [-0.2, -0.15) is 13.2 Å². The van der Waals surface area contributed by atoms with E-state index in [1.807, 2.05) is 4.90 Å². The smallest absolute Gasteiger partial charge is 0.370 e. The minimum Gasteiger partial charge on any atom is -0.370 e. The third kappa shape index (κ3) is 6.80. The van der Waals surface area contributed by atoms with Crippen LogP contribution in [-0.2, 0) is 15.7 Å². The molecule has 10 heteroatoms. The predicted molar refractivity (Wildman–Crippen MR) is 112 cm³/mol. The van der Waals surface area contributed by atoms with Gasteiger partial charge in [-0.3, -0.25) is 9.79 Å². The molecule has 0 radical (unpaired) electrons. The number of carbonyl (C=O) groups excluding carboxylic acids is 1. The fraction of sp³-hybridized carbons (Fsp3) is 0.556. The zero-order valence-corrected chi connectivity index (χ0v) is 18.5. The average molecular weight is 514 g/mol. The molecule has 1 heterocycles. The first-order valence-corrected chi connectivity index (χ1v) is 8.67. The first-order valence-electron chi connectivity index (χ1n) is 8.67. The summed E-state index contributed by atoms with van der Waals surface area (Å²) in [5, 5.41) is 3.13. The largest absolute Gasteiger partial charge is 0.416 e. The first kappa shape index (κ1) is 24.5. The SMILES string of the molecule is CN=C(NCCC(=O)N(C)C)N1CCOC(c2cccc(C(F)(F)F)c2)C1.I. The van der Waals surface area contributed by atoms with Gasteiger partial charge in [-0.1, -0.05) is 12.1 Å². The number of guanidine groups is 1. The van der Waals surface area contributed by atoms with E-state index in [1.165, 1.54) is 11.0 Å². The van der Waals surface area contributed by atoms with Crippen molar-refractivity contribution in [1.82, 2.24) is 15.1 Å². The molecule has 158 valence electrons. The Hall–Kier alpha value is -1.56. The molecule has 1 aromatic carbocycles. The molecule has 1 aliphatic heterocycles. The Labute approximate surface area is 180 Å². The maximum Gasteiger partial charge on any atom is 0.416 e. The summed E-state index contributed by atoms with van der Waals surface area (Å²) >= 11 is 0. The Morgan fingerprint density at radius 3 is 2.71 bits per heavy atom. The van der Waals surface area contributed by atoms with E-state index in [9.17, 15) is 18.0 Å². The molecule has 28 heavy (non-hydrogen) atoms. The van der Waals surface area contributed by atoms with E-state index in [2.05, 4.69) is 10.3 Å². The summed E-state index contributed by atoms with van der Waals surface area (Å²) in [6.07, 6.45) is -4.54. The predicted octanol–water partition coefficient (Wildman–Crippen LogP) is 2.75. The molecule has 1 unspecified atom stereocenters. The molecular formula is C18H26F3IN4O2. The van der Waals surface area contributed by atoms with Crippen LogP contribution in [0.1, 0.15) is 23.7 Å². The number of alkyl halides is 3. The van der Waals surface area contributed by atoms with Crippen molar-refractivity contribution >= 4 is 35.8 Å². The van der Waals surface area contributed by atoms with E-state index in [0.717, 1.165) is 12.1 Å². The van der Waals surface area contributed by atoms with Crippen molar-refractivity contribution in [3.8, 4) is 0 Å². The molecule has 1 fully saturated rings. The van der Waals surface area contributed by atoms with Crippen molar-refractivity contribution in [3.63, 3.8) is 0 Å². The first-order chi connectivity index (χ1) is 12.7. The van der Waals surface area contributed by atoms with Crippen molar-refractivity contribution in [2.45, 2.75) is 18.7 Å². The summed E-state index contributed by atoms with van der Waals surface area (Å²) in [4.78, 5) is 19.3. The van der Waals surface area contributed by atoms with Crippen LogP contribution in [-0.4, -0.2) is 69.1 Å². The van der Waals surface area contributed by atoms with Crippen LogP contribution in [0.15, 0.2) is 29.3 Å².